The molecule has 2 heterocycles. The lowest BCUT2D eigenvalue weighted by Gasteiger charge is -2.26. The molecule has 2 aromatic heterocycles. The molecule has 1 unspecified atom stereocenters. The van der Waals surface area contributed by atoms with Crippen LogP contribution in [-0.2, 0) is 10.2 Å². The van der Waals surface area contributed by atoms with E-state index < -0.39 is 6.10 Å². The molecule has 1 atom stereocenters. The summed E-state index contributed by atoms with van der Waals surface area (Å²) in [5.74, 6) is 0.130. The molecule has 0 bridgehead atoms. The van der Waals surface area contributed by atoms with Crippen molar-refractivity contribution in [1.29, 1.82) is 0 Å². The quantitative estimate of drug-likeness (QED) is 0.842. The van der Waals surface area contributed by atoms with Gasteiger partial charge in [0.1, 0.15) is 0 Å². The van der Waals surface area contributed by atoms with Gasteiger partial charge in [-0.15, -0.1) is 22.7 Å². The number of rotatable bonds is 6. The van der Waals surface area contributed by atoms with Gasteiger partial charge >= 0.3 is 0 Å². The van der Waals surface area contributed by atoms with E-state index in [2.05, 4.69) is 11.4 Å². The first-order valence-electron chi connectivity index (χ1n) is 7.76. The number of thiophene rings is 2. The second-order valence-electron chi connectivity index (χ2n) is 5.84. The molecule has 3 rings (SSSR count). The van der Waals surface area contributed by atoms with E-state index >= 15 is 0 Å². The van der Waals surface area contributed by atoms with Crippen LogP contribution in [0.4, 0.5) is 0 Å². The Balaban J connectivity index is 1.59. The summed E-state index contributed by atoms with van der Waals surface area (Å²) in [6, 6.07) is 7.97. The summed E-state index contributed by atoms with van der Waals surface area (Å²) in [5.41, 5.74) is -0.331. The molecule has 1 aliphatic carbocycles. The first-order valence-corrected chi connectivity index (χ1v) is 9.52. The predicted molar refractivity (Wildman–Crippen MR) is 91.4 cm³/mol. The van der Waals surface area contributed by atoms with Crippen molar-refractivity contribution in [2.24, 2.45) is 0 Å². The van der Waals surface area contributed by atoms with Crippen LogP contribution in [0.1, 0.15) is 48.0 Å². The highest BCUT2D eigenvalue weighted by molar-refractivity contribution is 7.10. The largest absolute Gasteiger partial charge is 0.388 e. The zero-order valence-corrected chi connectivity index (χ0v) is 14.1. The molecule has 0 aliphatic heterocycles. The number of nitrogens with one attached hydrogen (secondary N) is 1. The number of hydrogen-bond donors (Lipinski definition) is 2. The van der Waals surface area contributed by atoms with Crippen LogP contribution < -0.4 is 5.32 Å². The highest BCUT2D eigenvalue weighted by atomic mass is 32.1. The molecule has 1 saturated carbocycles. The molecule has 1 amide bonds. The summed E-state index contributed by atoms with van der Waals surface area (Å²) in [7, 11) is 0. The van der Waals surface area contributed by atoms with E-state index in [-0.39, 0.29) is 11.3 Å². The average Bonchev–Trinajstić information content (AvgIpc) is 3.27. The fourth-order valence-electron chi connectivity index (χ4n) is 3.23. The Hall–Kier alpha value is -1.17. The highest BCUT2D eigenvalue weighted by Crippen LogP contribution is 2.43. The maximum atomic E-state index is 12.8. The zero-order chi connectivity index (χ0) is 15.4. The van der Waals surface area contributed by atoms with Crippen molar-refractivity contribution >= 4 is 28.6 Å². The number of aliphatic hydroxyl groups excluding tert-OH is 1. The summed E-state index contributed by atoms with van der Waals surface area (Å²) in [6.07, 6.45) is 4.18. The topological polar surface area (TPSA) is 49.3 Å². The van der Waals surface area contributed by atoms with Gasteiger partial charge in [-0.3, -0.25) is 4.79 Å². The van der Waals surface area contributed by atoms with Gasteiger partial charge in [-0.2, -0.15) is 0 Å². The standard InChI is InChI=1S/C17H21NO2S2/c19-13(14-5-3-11-21-14)7-10-18-16(20)17(8-1-2-9-17)15-6-4-12-22-15/h3-6,11-13,19H,1-2,7-10H2,(H,18,20). The number of hydrogen-bond acceptors (Lipinski definition) is 4. The maximum Gasteiger partial charge on any atom is 0.231 e. The molecular weight excluding hydrogens is 314 g/mol. The fourth-order valence-corrected chi connectivity index (χ4v) is 4.96. The highest BCUT2D eigenvalue weighted by Gasteiger charge is 2.43. The third-order valence-electron chi connectivity index (χ3n) is 4.46. The van der Waals surface area contributed by atoms with Gasteiger partial charge in [0.15, 0.2) is 0 Å². The monoisotopic (exact) mass is 335 g/mol. The summed E-state index contributed by atoms with van der Waals surface area (Å²) >= 11 is 3.23. The van der Waals surface area contributed by atoms with Gasteiger partial charge in [0.05, 0.1) is 11.5 Å². The molecule has 0 radical (unpaired) electrons. The van der Waals surface area contributed by atoms with E-state index in [4.69, 9.17) is 0 Å². The van der Waals surface area contributed by atoms with Gasteiger partial charge in [-0.25, -0.2) is 0 Å². The Bertz CT molecular complexity index is 586. The lowest BCUT2D eigenvalue weighted by atomic mass is 9.83. The van der Waals surface area contributed by atoms with Crippen molar-refractivity contribution in [3.63, 3.8) is 0 Å². The van der Waals surface area contributed by atoms with Crippen LogP contribution in [0.3, 0.4) is 0 Å². The lowest BCUT2D eigenvalue weighted by molar-refractivity contribution is -0.126. The van der Waals surface area contributed by atoms with Crippen LogP contribution in [0.15, 0.2) is 35.0 Å². The van der Waals surface area contributed by atoms with Crippen LogP contribution in [0, 0.1) is 0 Å². The van der Waals surface area contributed by atoms with E-state index in [1.54, 1.807) is 22.7 Å². The van der Waals surface area contributed by atoms with E-state index in [0.717, 1.165) is 30.6 Å². The van der Waals surface area contributed by atoms with Crippen LogP contribution in [0.2, 0.25) is 0 Å². The molecule has 0 spiro atoms. The Kier molecular flexibility index (Phi) is 4.96. The molecule has 3 nitrogen and oxygen atoms in total. The molecule has 1 fully saturated rings. The van der Waals surface area contributed by atoms with Crippen molar-refractivity contribution in [3.8, 4) is 0 Å². The maximum absolute atomic E-state index is 12.8. The minimum absolute atomic E-state index is 0.130. The average molecular weight is 335 g/mol. The molecule has 0 saturated heterocycles. The Morgan fingerprint density at radius 3 is 2.59 bits per heavy atom. The van der Waals surface area contributed by atoms with Crippen molar-refractivity contribution in [2.45, 2.75) is 43.6 Å². The van der Waals surface area contributed by atoms with Crippen molar-refractivity contribution in [2.75, 3.05) is 6.54 Å². The van der Waals surface area contributed by atoms with Gasteiger partial charge in [0.2, 0.25) is 5.91 Å². The Morgan fingerprint density at radius 1 is 1.23 bits per heavy atom. The SMILES string of the molecule is O=C(NCCC(O)c1cccs1)C1(c2cccs2)CCCC1. The third kappa shape index (κ3) is 3.12. The number of carbonyl (C=O) groups excluding carboxylic acids is 1. The Labute approximate surface area is 139 Å². The molecule has 2 aromatic rings. The van der Waals surface area contributed by atoms with E-state index in [9.17, 15) is 9.90 Å². The van der Waals surface area contributed by atoms with Crippen LogP contribution in [-0.4, -0.2) is 17.6 Å². The number of carbonyl (C=O) groups is 1. The molecule has 2 N–H and O–H groups in total. The lowest BCUT2D eigenvalue weighted by Crippen LogP contribution is -2.42. The summed E-state index contributed by atoms with van der Waals surface area (Å²) < 4.78 is 0. The van der Waals surface area contributed by atoms with E-state index in [1.807, 2.05) is 29.0 Å². The van der Waals surface area contributed by atoms with Gasteiger partial charge in [0.25, 0.3) is 0 Å². The van der Waals surface area contributed by atoms with Crippen LogP contribution in [0.25, 0.3) is 0 Å². The molecule has 5 heteroatoms. The van der Waals surface area contributed by atoms with Crippen molar-refractivity contribution in [1.82, 2.24) is 5.32 Å². The molecule has 0 aromatic carbocycles. The first kappa shape index (κ1) is 15.7. The summed E-state index contributed by atoms with van der Waals surface area (Å²) in [5, 5.41) is 17.2. The van der Waals surface area contributed by atoms with Gasteiger partial charge in [0, 0.05) is 16.3 Å². The predicted octanol–water partition coefficient (Wildman–Crippen LogP) is 3.86. The normalized spacial score (nSPS) is 18.2. The molecular formula is C17H21NO2S2. The van der Waals surface area contributed by atoms with Gasteiger partial charge in [-0.05, 0) is 42.2 Å². The van der Waals surface area contributed by atoms with Crippen molar-refractivity contribution in [3.05, 3.63) is 44.8 Å². The summed E-state index contributed by atoms with van der Waals surface area (Å²) in [6.45, 7) is 0.519. The van der Waals surface area contributed by atoms with E-state index in [0.29, 0.717) is 13.0 Å². The van der Waals surface area contributed by atoms with Crippen molar-refractivity contribution < 1.29 is 9.90 Å². The second-order valence-corrected chi connectivity index (χ2v) is 7.77. The smallest absolute Gasteiger partial charge is 0.231 e. The molecule has 118 valence electrons. The number of amides is 1. The minimum atomic E-state index is -0.485. The van der Waals surface area contributed by atoms with Crippen LogP contribution in [0.5, 0.6) is 0 Å². The van der Waals surface area contributed by atoms with Crippen LogP contribution >= 0.6 is 22.7 Å². The minimum Gasteiger partial charge on any atom is -0.388 e. The fraction of sp³-hybridized carbons (Fsp3) is 0.471. The summed E-state index contributed by atoms with van der Waals surface area (Å²) in [4.78, 5) is 14.9. The first-order chi connectivity index (χ1) is 10.7. The van der Waals surface area contributed by atoms with Gasteiger partial charge in [-0.1, -0.05) is 25.0 Å². The second kappa shape index (κ2) is 6.94. The number of aliphatic hydroxyl groups is 1. The molecule has 22 heavy (non-hydrogen) atoms. The Morgan fingerprint density at radius 2 is 1.95 bits per heavy atom. The zero-order valence-electron chi connectivity index (χ0n) is 12.5. The third-order valence-corrected chi connectivity index (χ3v) is 6.51. The molecule has 1 aliphatic rings. The van der Waals surface area contributed by atoms with E-state index in [1.165, 1.54) is 4.88 Å². The van der Waals surface area contributed by atoms with Gasteiger partial charge < -0.3 is 10.4 Å².